The molecule has 0 bridgehead atoms. The topological polar surface area (TPSA) is 99.6 Å². The van der Waals surface area contributed by atoms with E-state index in [0.717, 1.165) is 5.39 Å². The molecular formula is C17H13FN6O. The molecule has 8 heteroatoms. The summed E-state index contributed by atoms with van der Waals surface area (Å²) in [6.07, 6.45) is 0. The summed E-state index contributed by atoms with van der Waals surface area (Å²) in [6, 6.07) is 14.2. The van der Waals surface area contributed by atoms with Crippen molar-refractivity contribution in [2.24, 2.45) is 0 Å². The second-order valence-electron chi connectivity index (χ2n) is 5.31. The van der Waals surface area contributed by atoms with Crippen LogP contribution in [-0.2, 0) is 6.67 Å². The van der Waals surface area contributed by atoms with Gasteiger partial charge in [0.15, 0.2) is 5.82 Å². The van der Waals surface area contributed by atoms with E-state index in [1.807, 2.05) is 30.3 Å². The van der Waals surface area contributed by atoms with Crippen molar-refractivity contribution in [3.63, 3.8) is 0 Å². The molecule has 0 saturated carbocycles. The van der Waals surface area contributed by atoms with Crippen LogP contribution in [0.5, 0.6) is 6.01 Å². The van der Waals surface area contributed by atoms with Crippen LogP contribution in [0.25, 0.3) is 22.3 Å². The highest BCUT2D eigenvalue weighted by Crippen LogP contribution is 2.28. The minimum absolute atomic E-state index is 0.172. The van der Waals surface area contributed by atoms with Crippen LogP contribution in [0.2, 0.25) is 0 Å². The van der Waals surface area contributed by atoms with Crippen LogP contribution in [0, 0.1) is 0 Å². The first-order valence-corrected chi connectivity index (χ1v) is 7.54. The standard InChI is InChI=1S/C17H13FN6O/c18-9-10-5-1-2-6-11(10)14-19-13-8-4-3-7-12(13)15(20-14)21-16-22-17(25)24-23-16/h1-8H,9H2,(H3,19,20,21,22,23,24,25). The minimum Gasteiger partial charge on any atom is -0.479 e. The number of halogens is 1. The molecule has 4 rings (SSSR count). The van der Waals surface area contributed by atoms with Gasteiger partial charge in [0.05, 0.1) is 5.52 Å². The van der Waals surface area contributed by atoms with Crippen LogP contribution < -0.4 is 5.32 Å². The van der Waals surface area contributed by atoms with E-state index in [0.29, 0.717) is 28.3 Å². The number of benzene rings is 2. The summed E-state index contributed by atoms with van der Waals surface area (Å²) in [5.41, 5.74) is 1.83. The van der Waals surface area contributed by atoms with Gasteiger partial charge in [-0.1, -0.05) is 36.4 Å². The van der Waals surface area contributed by atoms with Gasteiger partial charge in [0.25, 0.3) is 5.95 Å². The number of anilines is 2. The quantitative estimate of drug-likeness (QED) is 0.528. The van der Waals surface area contributed by atoms with Gasteiger partial charge >= 0.3 is 6.01 Å². The summed E-state index contributed by atoms with van der Waals surface area (Å²) >= 11 is 0. The Balaban J connectivity index is 1.89. The van der Waals surface area contributed by atoms with Crippen molar-refractivity contribution < 1.29 is 9.50 Å². The number of aromatic nitrogens is 5. The maximum absolute atomic E-state index is 13.3. The number of aromatic amines is 1. The maximum atomic E-state index is 13.3. The lowest BCUT2D eigenvalue weighted by atomic mass is 10.1. The Morgan fingerprint density at radius 3 is 2.60 bits per heavy atom. The molecule has 0 radical (unpaired) electrons. The maximum Gasteiger partial charge on any atom is 0.311 e. The molecule has 0 aliphatic rings. The van der Waals surface area contributed by atoms with Crippen molar-refractivity contribution in [3.05, 3.63) is 54.1 Å². The van der Waals surface area contributed by atoms with Gasteiger partial charge in [0.2, 0.25) is 0 Å². The van der Waals surface area contributed by atoms with E-state index in [1.54, 1.807) is 18.2 Å². The summed E-state index contributed by atoms with van der Waals surface area (Å²) in [7, 11) is 0. The molecular weight excluding hydrogens is 323 g/mol. The van der Waals surface area contributed by atoms with Gasteiger partial charge in [-0.2, -0.15) is 4.98 Å². The van der Waals surface area contributed by atoms with Crippen LogP contribution in [-0.4, -0.2) is 30.3 Å². The largest absolute Gasteiger partial charge is 0.479 e. The van der Waals surface area contributed by atoms with Crippen molar-refractivity contribution in [2.45, 2.75) is 6.67 Å². The highest BCUT2D eigenvalue weighted by molar-refractivity contribution is 5.91. The number of fused-ring (bicyclic) bond motifs is 1. The van der Waals surface area contributed by atoms with E-state index >= 15 is 0 Å². The average Bonchev–Trinajstić information content (AvgIpc) is 3.06. The zero-order chi connectivity index (χ0) is 17.2. The number of nitrogens with one attached hydrogen (secondary N) is 2. The molecule has 0 atom stereocenters. The molecule has 0 saturated heterocycles. The molecule has 3 N–H and O–H groups in total. The first-order chi connectivity index (χ1) is 12.2. The lowest BCUT2D eigenvalue weighted by Gasteiger charge is -2.10. The van der Waals surface area contributed by atoms with Crippen LogP contribution >= 0.6 is 0 Å². The lowest BCUT2D eigenvalue weighted by Crippen LogP contribution is -2.01. The summed E-state index contributed by atoms with van der Waals surface area (Å²) in [6.45, 7) is -0.607. The number of H-pyrrole nitrogens is 1. The number of rotatable bonds is 4. The molecule has 2 aromatic carbocycles. The fourth-order valence-electron chi connectivity index (χ4n) is 2.56. The zero-order valence-corrected chi connectivity index (χ0v) is 12.9. The predicted molar refractivity (Wildman–Crippen MR) is 91.1 cm³/mol. The van der Waals surface area contributed by atoms with E-state index in [-0.39, 0.29) is 12.0 Å². The molecule has 7 nitrogen and oxygen atoms in total. The Labute approximate surface area is 141 Å². The summed E-state index contributed by atoms with van der Waals surface area (Å²) in [4.78, 5) is 12.9. The number of para-hydroxylation sites is 1. The molecule has 0 aliphatic heterocycles. The minimum atomic E-state index is -0.607. The van der Waals surface area contributed by atoms with Crippen molar-refractivity contribution >= 4 is 22.7 Å². The number of hydrogen-bond acceptors (Lipinski definition) is 6. The van der Waals surface area contributed by atoms with Gasteiger partial charge in [-0.15, -0.1) is 5.10 Å². The first-order valence-electron chi connectivity index (χ1n) is 7.54. The number of nitrogens with zero attached hydrogens (tertiary/aromatic N) is 4. The molecule has 124 valence electrons. The summed E-state index contributed by atoms with van der Waals surface area (Å²) in [5.74, 6) is 1.04. The highest BCUT2D eigenvalue weighted by Gasteiger charge is 2.13. The molecule has 0 unspecified atom stereocenters. The number of hydrogen-bond donors (Lipinski definition) is 3. The smallest absolute Gasteiger partial charge is 0.311 e. The van der Waals surface area contributed by atoms with Crippen LogP contribution in [0.4, 0.5) is 16.2 Å². The lowest BCUT2D eigenvalue weighted by molar-refractivity contribution is 0.433. The van der Waals surface area contributed by atoms with Gasteiger partial charge < -0.3 is 10.4 Å². The van der Waals surface area contributed by atoms with Gasteiger partial charge in [0.1, 0.15) is 12.5 Å². The second-order valence-corrected chi connectivity index (χ2v) is 5.31. The van der Waals surface area contributed by atoms with Crippen LogP contribution in [0.3, 0.4) is 0 Å². The van der Waals surface area contributed by atoms with E-state index in [1.165, 1.54) is 0 Å². The Bertz CT molecular complexity index is 1050. The SMILES string of the molecule is Oc1nc(Nc2nc(-c3ccccc3CF)nc3ccccc23)n[nH]1. The van der Waals surface area contributed by atoms with Crippen molar-refractivity contribution in [1.29, 1.82) is 0 Å². The van der Waals surface area contributed by atoms with Gasteiger partial charge in [-0.05, 0) is 17.7 Å². The summed E-state index contributed by atoms with van der Waals surface area (Å²) < 4.78 is 13.3. The third kappa shape index (κ3) is 2.85. The first kappa shape index (κ1) is 15.0. The molecule has 0 aliphatic carbocycles. The van der Waals surface area contributed by atoms with Crippen LogP contribution in [0.15, 0.2) is 48.5 Å². The Hall–Kier alpha value is -3.55. The molecule has 0 spiro atoms. The predicted octanol–water partition coefficient (Wildman–Crippen LogP) is 3.33. The van der Waals surface area contributed by atoms with Crippen molar-refractivity contribution in [2.75, 3.05) is 5.32 Å². The van der Waals surface area contributed by atoms with Gasteiger partial charge in [-0.3, -0.25) is 0 Å². The second kappa shape index (κ2) is 6.16. The third-order valence-electron chi connectivity index (χ3n) is 3.71. The normalized spacial score (nSPS) is 10.9. The zero-order valence-electron chi connectivity index (χ0n) is 12.9. The molecule has 25 heavy (non-hydrogen) atoms. The number of aromatic hydroxyl groups is 1. The molecule has 2 heterocycles. The van der Waals surface area contributed by atoms with E-state index in [9.17, 15) is 9.50 Å². The summed E-state index contributed by atoms with van der Waals surface area (Å²) in [5, 5.41) is 19.2. The fourth-order valence-corrected chi connectivity index (χ4v) is 2.56. The molecule has 4 aromatic rings. The molecule has 0 amide bonds. The van der Waals surface area contributed by atoms with Crippen molar-refractivity contribution in [3.8, 4) is 17.4 Å². The van der Waals surface area contributed by atoms with Crippen LogP contribution in [0.1, 0.15) is 5.56 Å². The fraction of sp³-hybridized carbons (Fsp3) is 0.0588. The number of alkyl halides is 1. The van der Waals surface area contributed by atoms with Gasteiger partial charge in [-0.25, -0.2) is 19.5 Å². The Morgan fingerprint density at radius 1 is 1.00 bits per heavy atom. The molecule has 2 aromatic heterocycles. The van der Waals surface area contributed by atoms with Crippen molar-refractivity contribution in [1.82, 2.24) is 25.1 Å². The Morgan fingerprint density at radius 2 is 1.80 bits per heavy atom. The highest BCUT2D eigenvalue weighted by atomic mass is 19.1. The van der Waals surface area contributed by atoms with E-state index < -0.39 is 6.67 Å². The van der Waals surface area contributed by atoms with E-state index in [4.69, 9.17) is 0 Å². The average molecular weight is 336 g/mol. The molecule has 0 fully saturated rings. The Kier molecular flexibility index (Phi) is 3.70. The van der Waals surface area contributed by atoms with Gasteiger partial charge in [0, 0.05) is 10.9 Å². The van der Waals surface area contributed by atoms with E-state index in [2.05, 4.69) is 30.5 Å². The third-order valence-corrected chi connectivity index (χ3v) is 3.71. The monoisotopic (exact) mass is 336 g/mol.